The number of rotatable bonds is 8. The van der Waals surface area contributed by atoms with Crippen LogP contribution in [0.5, 0.6) is 17.2 Å². The van der Waals surface area contributed by atoms with Crippen molar-refractivity contribution in [1.29, 1.82) is 0 Å². The summed E-state index contributed by atoms with van der Waals surface area (Å²) in [6, 6.07) is 8.50. The van der Waals surface area contributed by atoms with E-state index in [0.717, 1.165) is 6.26 Å². The van der Waals surface area contributed by atoms with Crippen LogP contribution in [0.2, 0.25) is 0 Å². The molecular weight excluding hydrogens is 484 g/mol. The van der Waals surface area contributed by atoms with Gasteiger partial charge in [0.1, 0.15) is 35.0 Å². The summed E-state index contributed by atoms with van der Waals surface area (Å²) in [7, 11) is 0. The smallest absolute Gasteiger partial charge is 0.408 e. The zero-order valence-electron chi connectivity index (χ0n) is 21.1. The summed E-state index contributed by atoms with van der Waals surface area (Å²) in [6.07, 6.45) is 0.962. The molecule has 3 rings (SSSR count). The first kappa shape index (κ1) is 27.2. The fourth-order valence-electron chi connectivity index (χ4n) is 3.27. The number of hydrogen-bond acceptors (Lipinski definition) is 9. The number of alkyl carbamates (subject to hydrolysis) is 1. The van der Waals surface area contributed by atoms with Crippen LogP contribution in [-0.2, 0) is 9.53 Å². The van der Waals surface area contributed by atoms with Gasteiger partial charge in [-0.1, -0.05) is 20.3 Å². The molecule has 196 valence electrons. The Morgan fingerprint density at radius 2 is 1.76 bits per heavy atom. The van der Waals surface area contributed by atoms with E-state index in [4.69, 9.17) is 18.6 Å². The molecule has 0 saturated heterocycles. The van der Waals surface area contributed by atoms with E-state index >= 15 is 0 Å². The molecule has 3 aromatic rings. The quantitative estimate of drug-likeness (QED) is 0.183. The Morgan fingerprint density at radius 1 is 1.11 bits per heavy atom. The fourth-order valence-corrected chi connectivity index (χ4v) is 3.27. The number of ether oxygens (including phenoxy) is 3. The van der Waals surface area contributed by atoms with E-state index in [1.165, 1.54) is 42.5 Å². The van der Waals surface area contributed by atoms with Crippen molar-refractivity contribution in [2.75, 3.05) is 0 Å². The predicted octanol–water partition coefficient (Wildman–Crippen LogP) is 5.34. The van der Waals surface area contributed by atoms with E-state index in [1.54, 1.807) is 27.7 Å². The SMILES string of the molecule is CCC(C)C(NC(=O)OC(C)(C)C)C(=O)Oc1ccc2c(=O)c(Oc3ccc([N+](=O)[O-])cc3)coc2c1. The maximum Gasteiger partial charge on any atom is 0.408 e. The Bertz CT molecular complexity index is 1360. The monoisotopic (exact) mass is 512 g/mol. The molecule has 2 atom stereocenters. The third-order valence-corrected chi connectivity index (χ3v) is 5.35. The lowest BCUT2D eigenvalue weighted by Gasteiger charge is -2.25. The lowest BCUT2D eigenvalue weighted by molar-refractivity contribution is -0.384. The molecule has 0 spiro atoms. The maximum absolute atomic E-state index is 12.9. The average molecular weight is 513 g/mol. The van der Waals surface area contributed by atoms with Crippen molar-refractivity contribution in [3.05, 3.63) is 69.1 Å². The van der Waals surface area contributed by atoms with Crippen LogP contribution < -0.4 is 20.2 Å². The molecule has 1 heterocycles. The molecule has 0 aliphatic carbocycles. The van der Waals surface area contributed by atoms with Gasteiger partial charge in [0.05, 0.1) is 10.3 Å². The topological polar surface area (TPSA) is 147 Å². The number of fused-ring (bicyclic) bond motifs is 1. The number of nitro groups is 1. The van der Waals surface area contributed by atoms with Crippen LogP contribution in [-0.4, -0.2) is 28.6 Å². The average Bonchev–Trinajstić information content (AvgIpc) is 2.83. The Kier molecular flexibility index (Phi) is 8.16. The standard InChI is InChI=1S/C26H28N2O9/c1-6-15(2)22(27-25(31)37-26(3,4)5)24(30)36-18-11-12-19-20(13-18)34-14-21(23(19)29)35-17-9-7-16(8-10-17)28(32)33/h7-15,22H,6H2,1-5H3,(H,27,31). The van der Waals surface area contributed by atoms with Crippen molar-refractivity contribution < 1.29 is 33.1 Å². The third kappa shape index (κ3) is 7.06. The molecule has 11 nitrogen and oxygen atoms in total. The molecule has 11 heteroatoms. The van der Waals surface area contributed by atoms with Gasteiger partial charge >= 0.3 is 12.1 Å². The molecule has 0 fully saturated rings. The van der Waals surface area contributed by atoms with Crippen LogP contribution in [0, 0.1) is 16.0 Å². The molecule has 0 saturated carbocycles. The van der Waals surface area contributed by atoms with Gasteiger partial charge in [-0.3, -0.25) is 14.9 Å². The van der Waals surface area contributed by atoms with Gasteiger partial charge in [0.2, 0.25) is 11.2 Å². The molecular formula is C26H28N2O9. The van der Waals surface area contributed by atoms with Gasteiger partial charge in [0.15, 0.2) is 0 Å². The highest BCUT2D eigenvalue weighted by molar-refractivity contribution is 5.85. The summed E-state index contributed by atoms with van der Waals surface area (Å²) in [4.78, 5) is 48.2. The number of benzene rings is 2. The minimum absolute atomic E-state index is 0.114. The second kappa shape index (κ2) is 11.1. The van der Waals surface area contributed by atoms with Gasteiger partial charge in [-0.25, -0.2) is 9.59 Å². The van der Waals surface area contributed by atoms with Crippen LogP contribution in [0.4, 0.5) is 10.5 Å². The van der Waals surface area contributed by atoms with Gasteiger partial charge in [-0.05, 0) is 51.0 Å². The Balaban J connectivity index is 1.78. The van der Waals surface area contributed by atoms with E-state index < -0.39 is 34.1 Å². The second-order valence-electron chi connectivity index (χ2n) is 9.37. The Hall–Kier alpha value is -4.41. The highest BCUT2D eigenvalue weighted by Crippen LogP contribution is 2.26. The van der Waals surface area contributed by atoms with E-state index in [0.29, 0.717) is 6.42 Å². The number of amides is 1. The Labute approximate surface area is 212 Å². The van der Waals surface area contributed by atoms with Crippen molar-refractivity contribution in [1.82, 2.24) is 5.32 Å². The molecule has 0 aliphatic rings. The highest BCUT2D eigenvalue weighted by atomic mass is 16.6. The van der Waals surface area contributed by atoms with Crippen molar-refractivity contribution in [3.8, 4) is 17.2 Å². The Morgan fingerprint density at radius 3 is 2.35 bits per heavy atom. The number of carbonyl (C=O) groups is 2. The molecule has 2 unspecified atom stereocenters. The number of carbonyl (C=O) groups excluding carboxylic acids is 2. The first-order valence-electron chi connectivity index (χ1n) is 11.6. The van der Waals surface area contributed by atoms with E-state index in [9.17, 15) is 24.5 Å². The molecule has 1 amide bonds. The molecule has 2 aromatic carbocycles. The number of esters is 1. The fraction of sp³-hybridized carbons (Fsp3) is 0.346. The first-order valence-corrected chi connectivity index (χ1v) is 11.6. The summed E-state index contributed by atoms with van der Waals surface area (Å²) < 4.78 is 21.8. The van der Waals surface area contributed by atoms with Crippen LogP contribution in [0.25, 0.3) is 11.0 Å². The summed E-state index contributed by atoms with van der Waals surface area (Å²) in [5.41, 5.74) is -1.18. The van der Waals surface area contributed by atoms with E-state index in [1.807, 2.05) is 6.92 Å². The van der Waals surface area contributed by atoms with Crippen molar-refractivity contribution in [2.45, 2.75) is 52.7 Å². The van der Waals surface area contributed by atoms with E-state index in [2.05, 4.69) is 5.32 Å². The van der Waals surface area contributed by atoms with Gasteiger partial charge in [0.25, 0.3) is 5.69 Å². The summed E-state index contributed by atoms with van der Waals surface area (Å²) >= 11 is 0. The van der Waals surface area contributed by atoms with Crippen molar-refractivity contribution >= 4 is 28.7 Å². The van der Waals surface area contributed by atoms with Gasteiger partial charge in [0, 0.05) is 18.2 Å². The summed E-state index contributed by atoms with van der Waals surface area (Å²) in [5.74, 6) is -0.720. The molecule has 0 bridgehead atoms. The summed E-state index contributed by atoms with van der Waals surface area (Å²) in [6.45, 7) is 8.83. The third-order valence-electron chi connectivity index (χ3n) is 5.35. The number of nitro benzene ring substituents is 1. The molecule has 1 aromatic heterocycles. The van der Waals surface area contributed by atoms with Crippen LogP contribution in [0.3, 0.4) is 0 Å². The normalized spacial score (nSPS) is 12.9. The van der Waals surface area contributed by atoms with Gasteiger partial charge in [-0.2, -0.15) is 0 Å². The largest absolute Gasteiger partial charge is 0.460 e. The lowest BCUT2D eigenvalue weighted by Crippen LogP contribution is -2.48. The van der Waals surface area contributed by atoms with Gasteiger partial charge in [-0.15, -0.1) is 0 Å². The lowest BCUT2D eigenvalue weighted by atomic mass is 9.99. The van der Waals surface area contributed by atoms with Gasteiger partial charge < -0.3 is 23.9 Å². The van der Waals surface area contributed by atoms with Crippen molar-refractivity contribution in [3.63, 3.8) is 0 Å². The van der Waals surface area contributed by atoms with Crippen LogP contribution in [0.1, 0.15) is 41.0 Å². The molecule has 37 heavy (non-hydrogen) atoms. The molecule has 0 radical (unpaired) electrons. The number of nitrogens with one attached hydrogen (secondary N) is 1. The zero-order chi connectivity index (χ0) is 27.3. The van der Waals surface area contributed by atoms with Crippen molar-refractivity contribution in [2.24, 2.45) is 5.92 Å². The molecule has 1 N–H and O–H groups in total. The zero-order valence-corrected chi connectivity index (χ0v) is 21.1. The molecule has 0 aliphatic heterocycles. The summed E-state index contributed by atoms with van der Waals surface area (Å²) in [5, 5.41) is 13.5. The second-order valence-corrected chi connectivity index (χ2v) is 9.37. The number of nitrogens with zero attached hydrogens (tertiary/aromatic N) is 1. The minimum Gasteiger partial charge on any atom is -0.460 e. The maximum atomic E-state index is 12.9. The van der Waals surface area contributed by atoms with Crippen LogP contribution in [0.15, 0.2) is 57.9 Å². The number of non-ortho nitro benzene ring substituents is 1. The first-order chi connectivity index (χ1) is 17.4. The number of hydrogen-bond donors (Lipinski definition) is 1. The van der Waals surface area contributed by atoms with E-state index in [-0.39, 0.29) is 39.8 Å². The predicted molar refractivity (Wildman–Crippen MR) is 134 cm³/mol. The highest BCUT2D eigenvalue weighted by Gasteiger charge is 2.30. The van der Waals surface area contributed by atoms with Crippen LogP contribution >= 0.6 is 0 Å². The minimum atomic E-state index is -0.958.